The minimum Gasteiger partial charge on any atom is -0.391 e. The maximum absolute atomic E-state index is 13.0. The molecule has 2 N–H and O–H groups in total. The van der Waals surface area contributed by atoms with E-state index in [2.05, 4.69) is 5.32 Å². The second-order valence-corrected chi connectivity index (χ2v) is 5.38. The minimum absolute atomic E-state index is 0.0234. The van der Waals surface area contributed by atoms with Gasteiger partial charge in [0.25, 0.3) is 0 Å². The summed E-state index contributed by atoms with van der Waals surface area (Å²) >= 11 is 5.66. The molecule has 0 radical (unpaired) electrons. The first kappa shape index (κ1) is 15.0. The van der Waals surface area contributed by atoms with E-state index in [1.807, 2.05) is 0 Å². The van der Waals surface area contributed by atoms with Gasteiger partial charge in [-0.3, -0.25) is 4.79 Å². The third-order valence-corrected chi connectivity index (χ3v) is 3.72. The fourth-order valence-electron chi connectivity index (χ4n) is 2.30. The molecule has 1 saturated carbocycles. The summed E-state index contributed by atoms with van der Waals surface area (Å²) in [4.78, 5) is 11.8. The van der Waals surface area contributed by atoms with Crippen molar-refractivity contribution in [3.05, 3.63) is 40.7 Å². The molecule has 1 aliphatic rings. The monoisotopic (exact) mass is 297 g/mol. The van der Waals surface area contributed by atoms with Crippen molar-refractivity contribution >= 4 is 23.6 Å². The molecule has 0 aliphatic heterocycles. The molecule has 2 unspecified atom stereocenters. The Balaban J connectivity index is 1.93. The van der Waals surface area contributed by atoms with Crippen LogP contribution >= 0.6 is 11.6 Å². The first-order valence-corrected chi connectivity index (χ1v) is 7.06. The highest BCUT2D eigenvalue weighted by molar-refractivity contribution is 6.30. The smallest absolute Gasteiger partial charge is 0.244 e. The average Bonchev–Trinajstić information content (AvgIpc) is 2.43. The van der Waals surface area contributed by atoms with E-state index in [4.69, 9.17) is 11.6 Å². The molecule has 20 heavy (non-hydrogen) atoms. The van der Waals surface area contributed by atoms with E-state index >= 15 is 0 Å². The molecule has 0 bridgehead atoms. The van der Waals surface area contributed by atoms with E-state index in [0.29, 0.717) is 5.56 Å². The number of hydrogen-bond donors (Lipinski definition) is 2. The van der Waals surface area contributed by atoms with Gasteiger partial charge in [0, 0.05) is 6.08 Å². The van der Waals surface area contributed by atoms with Crippen LogP contribution in [0.5, 0.6) is 0 Å². The predicted octanol–water partition coefficient (Wildman–Crippen LogP) is 2.91. The topological polar surface area (TPSA) is 49.3 Å². The minimum atomic E-state index is -0.487. The molecule has 1 aromatic rings. The molecule has 2 atom stereocenters. The van der Waals surface area contributed by atoms with Gasteiger partial charge < -0.3 is 10.4 Å². The summed E-state index contributed by atoms with van der Waals surface area (Å²) in [6, 6.07) is 4.07. The van der Waals surface area contributed by atoms with Gasteiger partial charge in [0.1, 0.15) is 5.82 Å². The number of aliphatic hydroxyl groups is 1. The fourth-order valence-corrected chi connectivity index (χ4v) is 2.49. The Morgan fingerprint density at radius 2 is 2.15 bits per heavy atom. The van der Waals surface area contributed by atoms with E-state index < -0.39 is 11.9 Å². The van der Waals surface area contributed by atoms with Crippen LogP contribution in [-0.2, 0) is 4.79 Å². The molecule has 3 nitrogen and oxygen atoms in total. The van der Waals surface area contributed by atoms with Crippen molar-refractivity contribution in [1.29, 1.82) is 0 Å². The van der Waals surface area contributed by atoms with Gasteiger partial charge in [-0.1, -0.05) is 30.5 Å². The average molecular weight is 298 g/mol. The summed E-state index contributed by atoms with van der Waals surface area (Å²) in [6.07, 6.45) is 5.99. The van der Waals surface area contributed by atoms with Gasteiger partial charge >= 0.3 is 0 Å². The zero-order valence-corrected chi connectivity index (χ0v) is 11.7. The van der Waals surface area contributed by atoms with Crippen LogP contribution in [0.15, 0.2) is 24.3 Å². The van der Waals surface area contributed by atoms with Crippen LogP contribution in [0.3, 0.4) is 0 Å². The maximum atomic E-state index is 13.0. The summed E-state index contributed by atoms with van der Waals surface area (Å²) < 4.78 is 13.0. The molecule has 1 amide bonds. The van der Waals surface area contributed by atoms with E-state index in [1.165, 1.54) is 18.2 Å². The number of rotatable bonds is 3. The second-order valence-electron chi connectivity index (χ2n) is 4.97. The molecule has 5 heteroatoms. The number of hydrogen-bond acceptors (Lipinski definition) is 2. The molecule has 0 saturated heterocycles. The van der Waals surface area contributed by atoms with Crippen LogP contribution in [-0.4, -0.2) is 23.2 Å². The van der Waals surface area contributed by atoms with Crippen molar-refractivity contribution in [2.75, 3.05) is 0 Å². The second kappa shape index (κ2) is 6.86. The van der Waals surface area contributed by atoms with E-state index in [1.54, 1.807) is 12.1 Å². The molecular weight excluding hydrogens is 281 g/mol. The van der Waals surface area contributed by atoms with Gasteiger partial charge in [-0.15, -0.1) is 0 Å². The van der Waals surface area contributed by atoms with E-state index in [0.717, 1.165) is 25.7 Å². The summed E-state index contributed by atoms with van der Waals surface area (Å²) in [6.45, 7) is 0. The number of amides is 1. The highest BCUT2D eigenvalue weighted by atomic mass is 35.5. The van der Waals surface area contributed by atoms with Gasteiger partial charge in [-0.05, 0) is 36.6 Å². The number of carbonyl (C=O) groups excluding carboxylic acids is 1. The van der Waals surface area contributed by atoms with Gasteiger partial charge in [0.05, 0.1) is 17.2 Å². The molecule has 108 valence electrons. The molecule has 0 spiro atoms. The Kier molecular flexibility index (Phi) is 5.15. The molecule has 0 heterocycles. The fraction of sp³-hybridized carbons (Fsp3) is 0.400. The lowest BCUT2D eigenvalue weighted by atomic mass is 9.92. The first-order chi connectivity index (χ1) is 9.56. The number of aliphatic hydroxyl groups excluding tert-OH is 1. The Hall–Kier alpha value is -1.39. The Labute approximate surface area is 122 Å². The lowest BCUT2D eigenvalue weighted by Crippen LogP contribution is -2.44. The van der Waals surface area contributed by atoms with Gasteiger partial charge in [-0.2, -0.15) is 0 Å². The Bertz CT molecular complexity index is 519. The van der Waals surface area contributed by atoms with E-state index in [9.17, 15) is 14.3 Å². The van der Waals surface area contributed by atoms with Crippen molar-refractivity contribution in [3.8, 4) is 0 Å². The van der Waals surface area contributed by atoms with Crippen LogP contribution in [0.1, 0.15) is 31.2 Å². The predicted molar refractivity (Wildman–Crippen MR) is 76.8 cm³/mol. The standard InChI is InChI=1S/C15H17ClFNO2/c16-11-9-10(5-7-12(11)17)6-8-15(20)18-13-3-1-2-4-14(13)19/h5-9,13-14,19H,1-4H2,(H,18,20). The molecule has 1 fully saturated rings. The third kappa shape index (κ3) is 4.05. The normalized spacial score (nSPS) is 22.9. The SMILES string of the molecule is O=C(C=Cc1ccc(F)c(Cl)c1)NC1CCCCC1O. The molecule has 1 aliphatic carbocycles. The largest absolute Gasteiger partial charge is 0.391 e. The maximum Gasteiger partial charge on any atom is 0.244 e. The molecule has 0 aromatic heterocycles. The summed E-state index contributed by atoms with van der Waals surface area (Å²) in [7, 11) is 0. The molecule has 2 rings (SSSR count). The van der Waals surface area contributed by atoms with Crippen LogP contribution < -0.4 is 5.32 Å². The van der Waals surface area contributed by atoms with Crippen LogP contribution in [0.2, 0.25) is 5.02 Å². The number of carbonyl (C=O) groups is 1. The zero-order valence-electron chi connectivity index (χ0n) is 11.0. The highest BCUT2D eigenvalue weighted by Gasteiger charge is 2.23. The van der Waals surface area contributed by atoms with Crippen LogP contribution in [0.25, 0.3) is 6.08 Å². The van der Waals surface area contributed by atoms with Crippen molar-refractivity contribution in [2.45, 2.75) is 37.8 Å². The molecular formula is C15H17ClFNO2. The third-order valence-electron chi connectivity index (χ3n) is 3.43. The quantitative estimate of drug-likeness (QED) is 0.843. The van der Waals surface area contributed by atoms with Crippen molar-refractivity contribution < 1.29 is 14.3 Å². The lowest BCUT2D eigenvalue weighted by molar-refractivity contribution is -0.118. The van der Waals surface area contributed by atoms with Gasteiger partial charge in [0.2, 0.25) is 5.91 Å². The number of benzene rings is 1. The number of nitrogens with one attached hydrogen (secondary N) is 1. The van der Waals surface area contributed by atoms with Gasteiger partial charge in [-0.25, -0.2) is 4.39 Å². The Morgan fingerprint density at radius 1 is 1.40 bits per heavy atom. The van der Waals surface area contributed by atoms with Crippen LogP contribution in [0, 0.1) is 5.82 Å². The zero-order chi connectivity index (χ0) is 14.5. The first-order valence-electron chi connectivity index (χ1n) is 6.68. The lowest BCUT2D eigenvalue weighted by Gasteiger charge is -2.27. The summed E-state index contributed by atoms with van der Waals surface area (Å²) in [5, 5.41) is 12.6. The summed E-state index contributed by atoms with van der Waals surface area (Å²) in [5.41, 5.74) is 0.649. The van der Waals surface area contributed by atoms with E-state index in [-0.39, 0.29) is 17.0 Å². The van der Waals surface area contributed by atoms with Crippen molar-refractivity contribution in [2.24, 2.45) is 0 Å². The summed E-state index contributed by atoms with van der Waals surface area (Å²) in [5.74, 6) is -0.755. The Morgan fingerprint density at radius 3 is 2.85 bits per heavy atom. The highest BCUT2D eigenvalue weighted by Crippen LogP contribution is 2.19. The van der Waals surface area contributed by atoms with Crippen molar-refractivity contribution in [1.82, 2.24) is 5.32 Å². The van der Waals surface area contributed by atoms with Crippen molar-refractivity contribution in [3.63, 3.8) is 0 Å². The van der Waals surface area contributed by atoms with Gasteiger partial charge in [0.15, 0.2) is 0 Å². The van der Waals surface area contributed by atoms with Crippen LogP contribution in [0.4, 0.5) is 4.39 Å². The molecule has 1 aromatic carbocycles. The number of halogens is 2.